The van der Waals surface area contributed by atoms with Gasteiger partial charge in [0.2, 0.25) is 5.91 Å². The van der Waals surface area contributed by atoms with Crippen molar-refractivity contribution in [2.24, 2.45) is 0 Å². The van der Waals surface area contributed by atoms with E-state index in [-0.39, 0.29) is 17.9 Å². The van der Waals surface area contributed by atoms with Crippen LogP contribution in [0.1, 0.15) is 55.1 Å². The number of methoxy groups -OCH3 is 1. The minimum Gasteiger partial charge on any atom is -0.496 e. The van der Waals surface area contributed by atoms with Crippen molar-refractivity contribution in [3.05, 3.63) is 65.9 Å². The number of carbonyl (C=O) groups excluding carboxylic acids is 2. The largest absolute Gasteiger partial charge is 0.496 e. The first-order chi connectivity index (χ1) is 16.0. The number of ether oxygens (including phenoxy) is 1. The SMILES string of the molecule is COc1ccccc1CN1C(=O)c2cc3ccccc3n2C[C@@]1(C)C(=O)NC1CCCCC1. The molecule has 6 nitrogen and oxygen atoms in total. The Bertz CT molecular complexity index is 1190. The molecule has 1 atom stereocenters. The van der Waals surface area contributed by atoms with Crippen LogP contribution < -0.4 is 10.1 Å². The molecule has 172 valence electrons. The number of nitrogens with one attached hydrogen (secondary N) is 1. The molecule has 0 saturated heterocycles. The highest BCUT2D eigenvalue weighted by Crippen LogP contribution is 2.35. The lowest BCUT2D eigenvalue weighted by atomic mass is 9.91. The number of rotatable bonds is 5. The zero-order chi connectivity index (χ0) is 23.0. The molecule has 5 rings (SSSR count). The number of hydrogen-bond donors (Lipinski definition) is 1. The van der Waals surface area contributed by atoms with Crippen LogP contribution in [0.15, 0.2) is 54.6 Å². The lowest BCUT2D eigenvalue weighted by Crippen LogP contribution is -2.64. The maximum absolute atomic E-state index is 13.9. The van der Waals surface area contributed by atoms with E-state index >= 15 is 0 Å². The number of fused-ring (bicyclic) bond motifs is 3. The van der Waals surface area contributed by atoms with Gasteiger partial charge in [-0.15, -0.1) is 0 Å². The number of para-hydroxylation sites is 2. The van der Waals surface area contributed by atoms with Gasteiger partial charge < -0.3 is 19.5 Å². The Hall–Kier alpha value is -3.28. The Kier molecular flexibility index (Phi) is 5.60. The van der Waals surface area contributed by atoms with Gasteiger partial charge in [-0.1, -0.05) is 55.7 Å². The van der Waals surface area contributed by atoms with Crippen LogP contribution in [0, 0.1) is 0 Å². The van der Waals surface area contributed by atoms with Gasteiger partial charge in [-0.05, 0) is 38.0 Å². The first kappa shape index (κ1) is 21.6. The molecule has 1 aliphatic heterocycles. The summed E-state index contributed by atoms with van der Waals surface area (Å²) >= 11 is 0. The van der Waals surface area contributed by atoms with E-state index in [9.17, 15) is 9.59 Å². The highest BCUT2D eigenvalue weighted by molar-refractivity contribution is 6.03. The average Bonchev–Trinajstić information content (AvgIpc) is 3.21. The van der Waals surface area contributed by atoms with Crippen LogP contribution in [-0.4, -0.2) is 40.0 Å². The molecule has 1 N–H and O–H groups in total. The van der Waals surface area contributed by atoms with E-state index in [2.05, 4.69) is 5.32 Å². The second-order valence-electron chi connectivity index (χ2n) is 9.46. The Morgan fingerprint density at radius 3 is 2.61 bits per heavy atom. The summed E-state index contributed by atoms with van der Waals surface area (Å²) in [6, 6.07) is 17.8. The van der Waals surface area contributed by atoms with Gasteiger partial charge in [-0.3, -0.25) is 9.59 Å². The van der Waals surface area contributed by atoms with Crippen LogP contribution in [0.2, 0.25) is 0 Å². The van der Waals surface area contributed by atoms with Crippen molar-refractivity contribution >= 4 is 22.7 Å². The fraction of sp³-hybridized carbons (Fsp3) is 0.407. The minimum atomic E-state index is -1.02. The van der Waals surface area contributed by atoms with Crippen molar-refractivity contribution in [3.8, 4) is 5.75 Å². The number of aromatic nitrogens is 1. The van der Waals surface area contributed by atoms with Crippen LogP contribution >= 0.6 is 0 Å². The van der Waals surface area contributed by atoms with Gasteiger partial charge in [0.25, 0.3) is 5.91 Å². The summed E-state index contributed by atoms with van der Waals surface area (Å²) in [6.07, 6.45) is 5.50. The third kappa shape index (κ3) is 3.77. The third-order valence-corrected chi connectivity index (χ3v) is 7.29. The van der Waals surface area contributed by atoms with Gasteiger partial charge in [-0.25, -0.2) is 0 Å². The Balaban J connectivity index is 1.56. The van der Waals surface area contributed by atoms with Crippen molar-refractivity contribution in [2.75, 3.05) is 7.11 Å². The van der Waals surface area contributed by atoms with E-state index in [1.807, 2.05) is 66.1 Å². The fourth-order valence-electron chi connectivity index (χ4n) is 5.35. The first-order valence-electron chi connectivity index (χ1n) is 11.8. The van der Waals surface area contributed by atoms with E-state index in [0.29, 0.717) is 24.5 Å². The summed E-state index contributed by atoms with van der Waals surface area (Å²) in [4.78, 5) is 29.4. The summed E-state index contributed by atoms with van der Waals surface area (Å²) in [5, 5.41) is 4.30. The van der Waals surface area contributed by atoms with Crippen molar-refractivity contribution in [1.29, 1.82) is 0 Å². The van der Waals surface area contributed by atoms with Gasteiger partial charge in [0.15, 0.2) is 0 Å². The predicted octanol–water partition coefficient (Wildman–Crippen LogP) is 4.51. The van der Waals surface area contributed by atoms with Gasteiger partial charge in [-0.2, -0.15) is 0 Å². The molecule has 0 spiro atoms. The lowest BCUT2D eigenvalue weighted by Gasteiger charge is -2.45. The van der Waals surface area contributed by atoms with Crippen molar-refractivity contribution in [3.63, 3.8) is 0 Å². The predicted molar refractivity (Wildman–Crippen MR) is 128 cm³/mol. The summed E-state index contributed by atoms with van der Waals surface area (Å²) in [7, 11) is 1.63. The quantitative estimate of drug-likeness (QED) is 0.628. The third-order valence-electron chi connectivity index (χ3n) is 7.29. The highest BCUT2D eigenvalue weighted by atomic mass is 16.5. The summed E-state index contributed by atoms with van der Waals surface area (Å²) < 4.78 is 7.56. The maximum Gasteiger partial charge on any atom is 0.271 e. The molecule has 2 amide bonds. The molecule has 1 aliphatic carbocycles. The van der Waals surface area contributed by atoms with E-state index in [1.54, 1.807) is 12.0 Å². The summed E-state index contributed by atoms with van der Waals surface area (Å²) in [6.45, 7) is 2.62. The normalized spacial score (nSPS) is 21.2. The molecule has 0 bridgehead atoms. The second-order valence-corrected chi connectivity index (χ2v) is 9.46. The van der Waals surface area contributed by atoms with E-state index in [4.69, 9.17) is 4.74 Å². The zero-order valence-corrected chi connectivity index (χ0v) is 19.3. The monoisotopic (exact) mass is 445 g/mol. The number of hydrogen-bond acceptors (Lipinski definition) is 3. The highest BCUT2D eigenvalue weighted by Gasteiger charge is 2.48. The molecular formula is C27H31N3O3. The second kappa shape index (κ2) is 8.58. The Morgan fingerprint density at radius 2 is 1.82 bits per heavy atom. The molecule has 1 fully saturated rings. The van der Waals surface area contributed by atoms with Crippen LogP contribution in [0.5, 0.6) is 5.75 Å². The lowest BCUT2D eigenvalue weighted by molar-refractivity contribution is -0.134. The molecule has 2 heterocycles. The Labute approximate surface area is 194 Å². The fourth-order valence-corrected chi connectivity index (χ4v) is 5.35. The first-order valence-corrected chi connectivity index (χ1v) is 11.8. The van der Waals surface area contributed by atoms with Gasteiger partial charge >= 0.3 is 0 Å². The average molecular weight is 446 g/mol. The van der Waals surface area contributed by atoms with Crippen molar-refractivity contribution in [2.45, 2.75) is 63.7 Å². The van der Waals surface area contributed by atoms with Crippen molar-refractivity contribution in [1.82, 2.24) is 14.8 Å². The Morgan fingerprint density at radius 1 is 1.09 bits per heavy atom. The smallest absolute Gasteiger partial charge is 0.271 e. The van der Waals surface area contributed by atoms with E-state index < -0.39 is 5.54 Å². The topological polar surface area (TPSA) is 63.6 Å². The molecule has 2 aromatic carbocycles. The number of benzene rings is 2. The molecule has 1 saturated carbocycles. The minimum absolute atomic E-state index is 0.0823. The molecule has 0 radical (unpaired) electrons. The maximum atomic E-state index is 13.9. The molecule has 2 aliphatic rings. The van der Waals surface area contributed by atoms with Gasteiger partial charge in [0.1, 0.15) is 17.0 Å². The number of carbonyl (C=O) groups is 2. The summed E-state index contributed by atoms with van der Waals surface area (Å²) in [5.41, 5.74) is 1.46. The van der Waals surface area contributed by atoms with Crippen LogP contribution in [0.3, 0.4) is 0 Å². The van der Waals surface area contributed by atoms with Crippen LogP contribution in [-0.2, 0) is 17.9 Å². The van der Waals surface area contributed by atoms with E-state index in [1.165, 1.54) is 6.42 Å². The molecule has 33 heavy (non-hydrogen) atoms. The summed E-state index contributed by atoms with van der Waals surface area (Å²) in [5.74, 6) is 0.497. The molecular weight excluding hydrogens is 414 g/mol. The molecule has 0 unspecified atom stereocenters. The zero-order valence-electron chi connectivity index (χ0n) is 19.3. The molecule has 1 aromatic heterocycles. The van der Waals surface area contributed by atoms with Gasteiger partial charge in [0.05, 0.1) is 20.2 Å². The molecule has 6 heteroatoms. The number of amides is 2. The van der Waals surface area contributed by atoms with Crippen molar-refractivity contribution < 1.29 is 14.3 Å². The van der Waals surface area contributed by atoms with Gasteiger partial charge in [0, 0.05) is 22.5 Å². The number of nitrogens with zero attached hydrogens (tertiary/aromatic N) is 2. The standard InChI is InChI=1S/C27H31N3O3/c1-27(26(32)28-21-12-4-3-5-13-21)18-29-22-14-8-6-10-19(22)16-23(29)25(31)30(27)17-20-11-7-9-15-24(20)33-2/h6-11,14-16,21H,3-5,12-13,17-18H2,1-2H3,(H,28,32)/t27-/m0/s1. The van der Waals surface area contributed by atoms with E-state index in [0.717, 1.165) is 42.1 Å². The van der Waals surface area contributed by atoms with Crippen LogP contribution in [0.25, 0.3) is 10.9 Å². The van der Waals surface area contributed by atoms with Crippen LogP contribution in [0.4, 0.5) is 0 Å². The molecule has 3 aromatic rings.